The third-order valence-electron chi connectivity index (χ3n) is 8.90. The van der Waals surface area contributed by atoms with E-state index in [1.54, 1.807) is 0 Å². The summed E-state index contributed by atoms with van der Waals surface area (Å²) in [5.41, 5.74) is 4.58. The number of fused-ring (bicyclic) bond motifs is 10. The van der Waals surface area contributed by atoms with Crippen LogP contribution < -0.4 is 0 Å². The molecule has 3 heterocycles. The maximum Gasteiger partial charge on any atom is 0.164 e. The van der Waals surface area contributed by atoms with Gasteiger partial charge in [0.1, 0.15) is 11.2 Å². The molecule has 0 saturated carbocycles. The van der Waals surface area contributed by atoms with E-state index in [-0.39, 0.29) is 0 Å². The van der Waals surface area contributed by atoms with Gasteiger partial charge in [-0.2, -0.15) is 0 Å². The lowest BCUT2D eigenvalue weighted by molar-refractivity contribution is 0.669. The molecule has 4 nitrogen and oxygen atoms in total. The maximum absolute atomic E-state index is 6.13. The van der Waals surface area contributed by atoms with Crippen molar-refractivity contribution in [3.05, 3.63) is 140 Å². The normalized spacial score (nSPS) is 11.9. The summed E-state index contributed by atoms with van der Waals surface area (Å²) in [6.45, 7) is 0. The Labute approximate surface area is 267 Å². The van der Waals surface area contributed by atoms with Crippen LogP contribution in [0.5, 0.6) is 0 Å². The Hall–Kier alpha value is -5.91. The standard InChI is InChI=1S/C41H23N3OS/c1-2-11-25(12-3-1)39-42-40(27-20-21-34-31(23-27)29-14-6-8-16-33(29)45-34)44-41(43-39)32-22-26-19-18-24-10-4-5-13-28(24)36(26)38-37(32)30-15-7-9-17-35(30)46-38/h1-23H. The van der Waals surface area contributed by atoms with Gasteiger partial charge in [0.15, 0.2) is 17.5 Å². The van der Waals surface area contributed by atoms with Gasteiger partial charge in [-0.25, -0.2) is 15.0 Å². The van der Waals surface area contributed by atoms with E-state index < -0.39 is 0 Å². The van der Waals surface area contributed by atoms with Crippen LogP contribution in [0.3, 0.4) is 0 Å². The van der Waals surface area contributed by atoms with E-state index in [0.717, 1.165) is 38.6 Å². The van der Waals surface area contributed by atoms with Gasteiger partial charge >= 0.3 is 0 Å². The minimum absolute atomic E-state index is 0.627. The first-order valence-electron chi connectivity index (χ1n) is 15.3. The van der Waals surface area contributed by atoms with Crippen LogP contribution in [0.15, 0.2) is 144 Å². The van der Waals surface area contributed by atoms with Crippen molar-refractivity contribution < 1.29 is 4.42 Å². The van der Waals surface area contributed by atoms with Crippen molar-refractivity contribution in [3.63, 3.8) is 0 Å². The largest absolute Gasteiger partial charge is 0.456 e. The second-order valence-corrected chi connectivity index (χ2v) is 12.6. The van der Waals surface area contributed by atoms with Crippen molar-refractivity contribution in [1.82, 2.24) is 15.0 Å². The van der Waals surface area contributed by atoms with Crippen molar-refractivity contribution >= 4 is 75.0 Å². The third-order valence-corrected chi connectivity index (χ3v) is 10.1. The number of nitrogens with zero attached hydrogens (tertiary/aromatic N) is 3. The van der Waals surface area contributed by atoms with E-state index in [2.05, 4.69) is 91.0 Å². The van der Waals surface area contributed by atoms with E-state index in [1.165, 1.54) is 41.7 Å². The molecule has 0 spiro atoms. The molecule has 0 atom stereocenters. The number of rotatable bonds is 3. The maximum atomic E-state index is 6.13. The molecule has 214 valence electrons. The van der Waals surface area contributed by atoms with E-state index in [9.17, 15) is 0 Å². The van der Waals surface area contributed by atoms with Crippen molar-refractivity contribution in [2.45, 2.75) is 0 Å². The fraction of sp³-hybridized carbons (Fsp3) is 0. The summed E-state index contributed by atoms with van der Waals surface area (Å²) in [7, 11) is 0. The number of para-hydroxylation sites is 1. The molecule has 0 radical (unpaired) electrons. The van der Waals surface area contributed by atoms with Gasteiger partial charge in [-0.3, -0.25) is 0 Å². The highest BCUT2D eigenvalue weighted by Crippen LogP contribution is 2.46. The molecule has 0 aliphatic rings. The first-order valence-corrected chi connectivity index (χ1v) is 16.1. The smallest absolute Gasteiger partial charge is 0.164 e. The second kappa shape index (κ2) is 9.80. The molecule has 0 unspecified atom stereocenters. The lowest BCUT2D eigenvalue weighted by atomic mass is 9.96. The molecular weight excluding hydrogens is 583 g/mol. The lowest BCUT2D eigenvalue weighted by Crippen LogP contribution is -2.00. The predicted octanol–water partition coefficient (Wildman–Crippen LogP) is 11.4. The van der Waals surface area contributed by atoms with E-state index in [0.29, 0.717) is 17.5 Å². The Balaban J connectivity index is 1.30. The predicted molar refractivity (Wildman–Crippen MR) is 191 cm³/mol. The Bertz CT molecular complexity index is 2820. The highest BCUT2D eigenvalue weighted by atomic mass is 32.1. The van der Waals surface area contributed by atoms with Gasteiger partial charge in [-0.1, -0.05) is 103 Å². The molecule has 0 amide bonds. The number of hydrogen-bond acceptors (Lipinski definition) is 5. The van der Waals surface area contributed by atoms with Crippen LogP contribution in [-0.2, 0) is 0 Å². The lowest BCUT2D eigenvalue weighted by Gasteiger charge is -2.12. The van der Waals surface area contributed by atoms with Gasteiger partial charge in [0.25, 0.3) is 0 Å². The van der Waals surface area contributed by atoms with Gasteiger partial charge < -0.3 is 4.42 Å². The fourth-order valence-electron chi connectivity index (χ4n) is 6.76. The summed E-state index contributed by atoms with van der Waals surface area (Å²) in [5.74, 6) is 1.93. The first kappa shape index (κ1) is 25.4. The molecule has 0 aliphatic heterocycles. The molecule has 0 saturated heterocycles. The van der Waals surface area contributed by atoms with Crippen molar-refractivity contribution in [1.29, 1.82) is 0 Å². The summed E-state index contributed by atoms with van der Waals surface area (Å²) < 4.78 is 8.62. The summed E-state index contributed by atoms with van der Waals surface area (Å²) in [6.07, 6.45) is 0. The molecule has 0 bridgehead atoms. The molecule has 0 N–H and O–H groups in total. The van der Waals surface area contributed by atoms with Gasteiger partial charge in [-0.15, -0.1) is 11.3 Å². The fourth-order valence-corrected chi connectivity index (χ4v) is 8.06. The Morgan fingerprint density at radius 2 is 1.11 bits per heavy atom. The van der Waals surface area contributed by atoms with Crippen LogP contribution >= 0.6 is 11.3 Å². The highest BCUT2D eigenvalue weighted by Gasteiger charge is 2.20. The SMILES string of the molecule is c1ccc(-c2nc(-c3ccc4oc5ccccc5c4c3)nc(-c3cc4ccc5ccccc5c4c4sc5ccccc5c34)n2)cc1. The average molecular weight is 606 g/mol. The van der Waals surface area contributed by atoms with Gasteiger partial charge in [0.2, 0.25) is 0 Å². The Kier molecular flexibility index (Phi) is 5.41. The molecular formula is C41H23N3OS. The summed E-state index contributed by atoms with van der Waals surface area (Å²) >= 11 is 1.84. The van der Waals surface area contributed by atoms with Gasteiger partial charge in [0.05, 0.1) is 0 Å². The highest BCUT2D eigenvalue weighted by molar-refractivity contribution is 7.27. The quantitative estimate of drug-likeness (QED) is 0.188. The van der Waals surface area contributed by atoms with Crippen LogP contribution in [0.1, 0.15) is 0 Å². The van der Waals surface area contributed by atoms with E-state index >= 15 is 0 Å². The number of furan rings is 1. The Morgan fingerprint density at radius 3 is 2.00 bits per heavy atom. The first-order chi connectivity index (χ1) is 22.8. The molecule has 5 heteroatoms. The van der Waals surface area contributed by atoms with Crippen LogP contribution in [-0.4, -0.2) is 15.0 Å². The van der Waals surface area contributed by atoms with E-state index in [4.69, 9.17) is 19.4 Å². The second-order valence-electron chi connectivity index (χ2n) is 11.6. The molecule has 0 fully saturated rings. The summed E-state index contributed by atoms with van der Waals surface area (Å²) in [6, 6.07) is 48.5. The molecule has 10 aromatic rings. The number of aromatic nitrogens is 3. The Morgan fingerprint density at radius 1 is 0.435 bits per heavy atom. The van der Waals surface area contributed by atoms with Gasteiger partial charge in [0, 0.05) is 53.0 Å². The van der Waals surface area contributed by atoms with Crippen LogP contribution in [0.25, 0.3) is 97.8 Å². The van der Waals surface area contributed by atoms with Crippen molar-refractivity contribution in [2.75, 3.05) is 0 Å². The van der Waals surface area contributed by atoms with Crippen LogP contribution in [0, 0.1) is 0 Å². The number of benzene rings is 7. The minimum atomic E-state index is 0.627. The van der Waals surface area contributed by atoms with Gasteiger partial charge in [-0.05, 0) is 52.6 Å². The molecule has 3 aromatic heterocycles. The molecule has 46 heavy (non-hydrogen) atoms. The zero-order valence-corrected chi connectivity index (χ0v) is 25.3. The summed E-state index contributed by atoms with van der Waals surface area (Å²) in [5, 5.41) is 9.43. The van der Waals surface area contributed by atoms with Crippen LogP contribution in [0.2, 0.25) is 0 Å². The topological polar surface area (TPSA) is 51.8 Å². The zero-order valence-electron chi connectivity index (χ0n) is 24.4. The number of hydrogen-bond donors (Lipinski definition) is 0. The van der Waals surface area contributed by atoms with Crippen LogP contribution in [0.4, 0.5) is 0 Å². The molecule has 0 aliphatic carbocycles. The molecule has 10 rings (SSSR count). The minimum Gasteiger partial charge on any atom is -0.456 e. The zero-order chi connectivity index (χ0) is 30.2. The van der Waals surface area contributed by atoms with Crippen molar-refractivity contribution in [2.24, 2.45) is 0 Å². The van der Waals surface area contributed by atoms with E-state index in [1.807, 2.05) is 59.9 Å². The number of thiophene rings is 1. The molecule has 7 aromatic carbocycles. The summed E-state index contributed by atoms with van der Waals surface area (Å²) in [4.78, 5) is 15.5. The van der Waals surface area contributed by atoms with Crippen molar-refractivity contribution in [3.8, 4) is 34.2 Å². The third kappa shape index (κ3) is 3.82. The average Bonchev–Trinajstić information content (AvgIpc) is 3.70. The monoisotopic (exact) mass is 605 g/mol.